The predicted molar refractivity (Wildman–Crippen MR) is 97.2 cm³/mol. The van der Waals surface area contributed by atoms with Crippen molar-refractivity contribution in [1.29, 1.82) is 0 Å². The van der Waals surface area contributed by atoms with E-state index in [0.717, 1.165) is 15.4 Å². The molecule has 1 unspecified atom stereocenters. The maximum atomic E-state index is 12.5. The number of aliphatic imine (C=N–C) groups is 1. The number of fused-ring (bicyclic) bond motifs is 1. The molecule has 1 aromatic carbocycles. The van der Waals surface area contributed by atoms with Gasteiger partial charge >= 0.3 is 11.9 Å². The average Bonchev–Trinajstić information content (AvgIpc) is 2.57. The second kappa shape index (κ2) is 6.70. The van der Waals surface area contributed by atoms with E-state index >= 15 is 0 Å². The van der Waals surface area contributed by atoms with Crippen LogP contribution in [-0.4, -0.2) is 47.6 Å². The number of nitrogens with zero attached hydrogens (tertiary/aromatic N) is 3. The van der Waals surface area contributed by atoms with Crippen LogP contribution in [0.1, 0.15) is 5.56 Å². The molecule has 1 aromatic rings. The molecular formula is C16H14Cl2N3O2S+. The van der Waals surface area contributed by atoms with Gasteiger partial charge in [-0.05, 0) is 23.8 Å². The van der Waals surface area contributed by atoms with Crippen LogP contribution in [0.25, 0.3) is 0 Å². The van der Waals surface area contributed by atoms with Gasteiger partial charge in [-0.25, -0.2) is 4.79 Å². The first-order valence-corrected chi connectivity index (χ1v) is 8.87. The van der Waals surface area contributed by atoms with Gasteiger partial charge in [0, 0.05) is 20.7 Å². The van der Waals surface area contributed by atoms with Gasteiger partial charge in [-0.3, -0.25) is 4.79 Å². The van der Waals surface area contributed by atoms with E-state index in [1.54, 1.807) is 31.5 Å². The highest BCUT2D eigenvalue weighted by Gasteiger charge is 2.46. The smallest absolute Gasteiger partial charge is 0.255 e. The molecular weight excluding hydrogens is 369 g/mol. The molecule has 2 heterocycles. The van der Waals surface area contributed by atoms with Gasteiger partial charge < -0.3 is 0 Å². The van der Waals surface area contributed by atoms with Gasteiger partial charge in [0.05, 0.1) is 14.1 Å². The Morgan fingerprint density at radius 3 is 2.79 bits per heavy atom. The first-order valence-electron chi connectivity index (χ1n) is 7.13. The van der Waals surface area contributed by atoms with Crippen LogP contribution in [0.4, 0.5) is 4.79 Å². The van der Waals surface area contributed by atoms with Crippen LogP contribution >= 0.6 is 35.0 Å². The Morgan fingerprint density at radius 2 is 2.08 bits per heavy atom. The Balaban J connectivity index is 1.86. The lowest BCUT2D eigenvalue weighted by atomic mass is 10.0. The molecule has 0 aliphatic carbocycles. The third-order valence-corrected chi connectivity index (χ3v) is 5.64. The van der Waals surface area contributed by atoms with Crippen LogP contribution in [0.3, 0.4) is 0 Å². The van der Waals surface area contributed by atoms with Crippen LogP contribution in [0, 0.1) is 5.92 Å². The van der Waals surface area contributed by atoms with Gasteiger partial charge in [-0.1, -0.05) is 29.3 Å². The van der Waals surface area contributed by atoms with Gasteiger partial charge in [0.2, 0.25) is 0 Å². The average molecular weight is 383 g/mol. The minimum Gasteiger partial charge on any atom is -0.255 e. The molecule has 0 bridgehead atoms. The first kappa shape index (κ1) is 17.2. The summed E-state index contributed by atoms with van der Waals surface area (Å²) in [6.45, 7) is 0. The fourth-order valence-electron chi connectivity index (χ4n) is 2.54. The number of thioether (sulfide) groups is 1. The molecule has 0 saturated carbocycles. The number of rotatable bonds is 3. The normalized spacial score (nSPS) is 20.4. The number of allylic oxidation sites excluding steroid dienone is 1. The van der Waals surface area contributed by atoms with Crippen molar-refractivity contribution in [2.45, 2.75) is 5.75 Å². The summed E-state index contributed by atoms with van der Waals surface area (Å²) in [5, 5.41) is 1.17. The van der Waals surface area contributed by atoms with Crippen molar-refractivity contribution < 1.29 is 14.2 Å². The molecule has 0 spiro atoms. The molecule has 124 valence electrons. The number of carbonyl (C=O) groups is 2. The number of carbonyl (C=O) groups excluding carboxylic acids is 2. The zero-order valence-corrected chi connectivity index (χ0v) is 15.3. The minimum absolute atomic E-state index is 0.272. The SMILES string of the molecule is CN1C(=O)C2C(SCc3ccc(Cl)cc3Cl)=CC=NC2=[N+](C)C1=O. The largest absolute Gasteiger partial charge is 0.445 e. The summed E-state index contributed by atoms with van der Waals surface area (Å²) >= 11 is 13.6. The van der Waals surface area contributed by atoms with Crippen molar-refractivity contribution in [1.82, 2.24) is 4.90 Å². The minimum atomic E-state index is -0.557. The van der Waals surface area contributed by atoms with Gasteiger partial charge in [-0.15, -0.1) is 16.8 Å². The molecule has 8 heteroatoms. The Kier molecular flexibility index (Phi) is 4.80. The first-order chi connectivity index (χ1) is 11.4. The lowest BCUT2D eigenvalue weighted by Crippen LogP contribution is -2.52. The summed E-state index contributed by atoms with van der Waals surface area (Å²) < 4.78 is 1.41. The van der Waals surface area contributed by atoms with Crippen molar-refractivity contribution in [2.24, 2.45) is 10.9 Å². The van der Waals surface area contributed by atoms with Gasteiger partial charge in [0.25, 0.3) is 5.84 Å². The predicted octanol–water partition coefficient (Wildman–Crippen LogP) is 3.44. The number of hydrogen-bond donors (Lipinski definition) is 0. The molecule has 2 aliphatic heterocycles. The zero-order chi connectivity index (χ0) is 17.4. The van der Waals surface area contributed by atoms with E-state index in [1.807, 2.05) is 6.07 Å². The lowest BCUT2D eigenvalue weighted by Gasteiger charge is -2.26. The van der Waals surface area contributed by atoms with Crippen LogP contribution in [0.2, 0.25) is 10.0 Å². The number of dihydropyridines is 1. The highest BCUT2D eigenvalue weighted by atomic mass is 35.5. The second-order valence-corrected chi connectivity index (χ2v) is 7.29. The topological polar surface area (TPSA) is 52.8 Å². The third-order valence-electron chi connectivity index (χ3n) is 3.89. The number of amidine groups is 1. The highest BCUT2D eigenvalue weighted by Crippen LogP contribution is 2.35. The monoisotopic (exact) mass is 382 g/mol. The van der Waals surface area contributed by atoms with E-state index < -0.39 is 5.92 Å². The molecule has 0 fully saturated rings. The number of amides is 3. The summed E-state index contributed by atoms with van der Waals surface area (Å²) in [6.07, 6.45) is 3.41. The highest BCUT2D eigenvalue weighted by molar-refractivity contribution is 8.02. The Bertz CT molecular complexity index is 833. The summed E-state index contributed by atoms with van der Waals surface area (Å²) in [5.41, 5.74) is 0.928. The van der Waals surface area contributed by atoms with Crippen molar-refractivity contribution in [3.05, 3.63) is 44.8 Å². The summed E-state index contributed by atoms with van der Waals surface area (Å²) in [6, 6.07) is 4.96. The van der Waals surface area contributed by atoms with E-state index in [-0.39, 0.29) is 11.9 Å². The van der Waals surface area contributed by atoms with Crippen LogP contribution in [0.5, 0.6) is 0 Å². The molecule has 24 heavy (non-hydrogen) atoms. The van der Waals surface area contributed by atoms with E-state index in [0.29, 0.717) is 21.6 Å². The number of halogens is 2. The van der Waals surface area contributed by atoms with E-state index in [1.165, 1.54) is 23.4 Å². The van der Waals surface area contributed by atoms with E-state index in [4.69, 9.17) is 23.2 Å². The summed E-state index contributed by atoms with van der Waals surface area (Å²) in [5.74, 6) is 0.216. The van der Waals surface area contributed by atoms with Gasteiger partial charge in [0.15, 0.2) is 5.92 Å². The third kappa shape index (κ3) is 3.01. The van der Waals surface area contributed by atoms with Crippen LogP contribution in [-0.2, 0) is 10.5 Å². The summed E-state index contributed by atoms with van der Waals surface area (Å²) in [7, 11) is 3.10. The molecule has 0 aromatic heterocycles. The van der Waals surface area contributed by atoms with Crippen molar-refractivity contribution in [3.8, 4) is 0 Å². The van der Waals surface area contributed by atoms with E-state index in [9.17, 15) is 9.59 Å². The molecule has 0 radical (unpaired) electrons. The lowest BCUT2D eigenvalue weighted by molar-refractivity contribution is -0.407. The molecule has 3 rings (SSSR count). The van der Waals surface area contributed by atoms with E-state index in [2.05, 4.69) is 4.99 Å². The quantitative estimate of drug-likeness (QED) is 0.752. The Labute approximate surface area is 153 Å². The molecule has 3 amide bonds. The molecule has 1 atom stereocenters. The Hall–Kier alpha value is -1.63. The standard InChI is InChI=1S/C16H14Cl2N3O2S/c1-20-14-13(15(22)21(2)16(20)23)12(5-6-19-14)24-8-9-3-4-10(17)7-11(9)18/h3-7,13H,8H2,1-2H3/q+1. The summed E-state index contributed by atoms with van der Waals surface area (Å²) in [4.78, 5) is 30.7. The fourth-order valence-corrected chi connectivity index (χ4v) is 4.20. The molecule has 5 nitrogen and oxygen atoms in total. The Morgan fingerprint density at radius 1 is 1.33 bits per heavy atom. The second-order valence-electron chi connectivity index (χ2n) is 5.40. The zero-order valence-electron chi connectivity index (χ0n) is 13.0. The van der Waals surface area contributed by atoms with Gasteiger partial charge in [0.1, 0.15) is 6.21 Å². The van der Waals surface area contributed by atoms with Crippen molar-refractivity contribution >= 4 is 59.0 Å². The van der Waals surface area contributed by atoms with Crippen molar-refractivity contribution in [3.63, 3.8) is 0 Å². The molecule has 0 N–H and O–H groups in total. The van der Waals surface area contributed by atoms with Gasteiger partial charge in [-0.2, -0.15) is 9.48 Å². The maximum absolute atomic E-state index is 12.5. The van der Waals surface area contributed by atoms with Crippen LogP contribution < -0.4 is 0 Å². The number of hydrogen-bond acceptors (Lipinski definition) is 4. The number of urea groups is 1. The number of benzene rings is 1. The van der Waals surface area contributed by atoms with Crippen molar-refractivity contribution in [2.75, 3.05) is 14.1 Å². The molecule has 0 saturated heterocycles. The molecule has 2 aliphatic rings. The number of imide groups is 1. The fraction of sp³-hybridized carbons (Fsp3) is 0.250. The maximum Gasteiger partial charge on any atom is 0.445 e. The van der Waals surface area contributed by atoms with Crippen LogP contribution in [0.15, 0.2) is 34.2 Å².